The second-order valence-electron chi connectivity index (χ2n) is 1.93. The zero-order chi connectivity index (χ0) is 8.91. The molecule has 1 saturated heterocycles. The van der Waals surface area contributed by atoms with Crippen LogP contribution in [0.15, 0.2) is 12.7 Å². The molecule has 1 aliphatic rings. The summed E-state index contributed by atoms with van der Waals surface area (Å²) in [6.07, 6.45) is 3.44. The van der Waals surface area contributed by atoms with Crippen molar-refractivity contribution in [2.75, 3.05) is 6.61 Å². The van der Waals surface area contributed by atoms with E-state index >= 15 is 0 Å². The first-order valence-electron chi connectivity index (χ1n) is 2.86. The zero-order valence-electron chi connectivity index (χ0n) is 6.30. The third kappa shape index (κ3) is 22.7. The number of hydrogen-bond donors (Lipinski definition) is 2. The molecule has 1 atom stereocenters. The quantitative estimate of drug-likeness (QED) is 0.353. The van der Waals surface area contributed by atoms with Crippen LogP contribution >= 0.6 is 0 Å². The summed E-state index contributed by atoms with van der Waals surface area (Å²) in [5, 5.41) is 0. The van der Waals surface area contributed by atoms with Crippen LogP contribution in [-0.2, 0) is 15.1 Å². The van der Waals surface area contributed by atoms with Crippen molar-refractivity contribution in [3.8, 4) is 0 Å². The van der Waals surface area contributed by atoms with Crippen LogP contribution in [0.4, 0.5) is 0 Å². The fraction of sp³-hybridized carbons (Fsp3) is 0.600. The summed E-state index contributed by atoms with van der Waals surface area (Å²) in [6, 6.07) is 0. The number of hydrogen-bond acceptors (Lipinski definition) is 3. The van der Waals surface area contributed by atoms with Crippen molar-refractivity contribution >= 4 is 10.4 Å². The van der Waals surface area contributed by atoms with E-state index in [9.17, 15) is 0 Å². The molecule has 1 rings (SSSR count). The maximum absolute atomic E-state index is 8.74. The summed E-state index contributed by atoms with van der Waals surface area (Å²) in [5.74, 6) is 0. The van der Waals surface area contributed by atoms with Crippen LogP contribution in [0, 0.1) is 0 Å². The van der Waals surface area contributed by atoms with Crippen molar-refractivity contribution in [2.24, 2.45) is 0 Å². The molecule has 0 radical (unpaired) electrons. The number of ether oxygens (including phenoxy) is 1. The molecule has 74 valence electrons. The smallest absolute Gasteiger partial charge is 0.394 e. The number of rotatable bonds is 2. The molecule has 0 spiro atoms. The van der Waals surface area contributed by atoms with E-state index in [1.807, 2.05) is 6.08 Å². The highest BCUT2D eigenvalue weighted by molar-refractivity contribution is 7.79. The Morgan fingerprint density at radius 3 is 2.00 bits per heavy atom. The predicted octanol–water partition coefficient (Wildman–Crippen LogP) is -0.516. The van der Waals surface area contributed by atoms with Crippen LogP contribution in [0.1, 0.15) is 6.42 Å². The highest BCUT2D eigenvalue weighted by Crippen LogP contribution is 2.12. The first-order valence-corrected chi connectivity index (χ1v) is 4.25. The summed E-state index contributed by atoms with van der Waals surface area (Å²) < 4.78 is 36.5. The van der Waals surface area contributed by atoms with Gasteiger partial charge in [0.1, 0.15) is 0 Å². The van der Waals surface area contributed by atoms with E-state index < -0.39 is 10.4 Å². The van der Waals surface area contributed by atoms with Crippen LogP contribution in [0.25, 0.3) is 0 Å². The summed E-state index contributed by atoms with van der Waals surface area (Å²) >= 11 is 0. The van der Waals surface area contributed by atoms with Crippen molar-refractivity contribution in [2.45, 2.75) is 12.5 Å². The molecular formula is C5H12O6S. The Labute approximate surface area is 70.7 Å². The Bertz CT molecular complexity index is 196. The molecule has 1 heterocycles. The van der Waals surface area contributed by atoms with Gasteiger partial charge in [-0.25, -0.2) is 0 Å². The van der Waals surface area contributed by atoms with Gasteiger partial charge in [-0.1, -0.05) is 6.08 Å². The highest BCUT2D eigenvalue weighted by atomic mass is 32.3. The van der Waals surface area contributed by atoms with E-state index in [0.29, 0.717) is 6.10 Å². The van der Waals surface area contributed by atoms with Gasteiger partial charge >= 0.3 is 10.4 Å². The summed E-state index contributed by atoms with van der Waals surface area (Å²) in [7, 11) is -4.67. The fourth-order valence-corrected chi connectivity index (χ4v) is 0.390. The van der Waals surface area contributed by atoms with E-state index in [-0.39, 0.29) is 5.48 Å². The first-order chi connectivity index (χ1) is 4.93. The Kier molecular flexibility index (Phi) is 7.15. The van der Waals surface area contributed by atoms with E-state index in [2.05, 4.69) is 6.58 Å². The lowest BCUT2D eigenvalue weighted by atomic mass is 10.3. The van der Waals surface area contributed by atoms with Gasteiger partial charge < -0.3 is 10.2 Å². The summed E-state index contributed by atoms with van der Waals surface area (Å²) in [6.45, 7) is 4.51. The maximum Gasteiger partial charge on any atom is 0.394 e. The van der Waals surface area contributed by atoms with Gasteiger partial charge in [0.15, 0.2) is 0 Å². The van der Waals surface area contributed by atoms with E-state index in [1.54, 1.807) is 0 Å². The minimum absolute atomic E-state index is 0. The molecule has 4 N–H and O–H groups in total. The average molecular weight is 200 g/mol. The Balaban J connectivity index is 0. The Morgan fingerprint density at radius 2 is 1.92 bits per heavy atom. The molecule has 0 bridgehead atoms. The summed E-state index contributed by atoms with van der Waals surface area (Å²) in [5.41, 5.74) is 0. The second kappa shape index (κ2) is 6.09. The molecule has 0 aromatic heterocycles. The van der Waals surface area contributed by atoms with Crippen LogP contribution in [-0.4, -0.2) is 35.7 Å². The molecule has 0 aliphatic carbocycles. The molecule has 0 saturated carbocycles. The van der Waals surface area contributed by atoms with Crippen LogP contribution in [0.2, 0.25) is 0 Å². The lowest BCUT2D eigenvalue weighted by Crippen LogP contribution is -1.89. The largest absolute Gasteiger partial charge is 0.412 e. The third-order valence-electron chi connectivity index (χ3n) is 0.832. The lowest BCUT2D eigenvalue weighted by Gasteiger charge is -1.73. The Morgan fingerprint density at radius 1 is 1.58 bits per heavy atom. The van der Waals surface area contributed by atoms with Crippen LogP contribution in [0.3, 0.4) is 0 Å². The fourth-order valence-electron chi connectivity index (χ4n) is 0.390. The molecule has 7 heteroatoms. The van der Waals surface area contributed by atoms with Gasteiger partial charge in [0.05, 0.1) is 12.7 Å². The van der Waals surface area contributed by atoms with Crippen molar-refractivity contribution in [1.29, 1.82) is 0 Å². The van der Waals surface area contributed by atoms with E-state index in [4.69, 9.17) is 22.3 Å². The maximum atomic E-state index is 8.74. The van der Waals surface area contributed by atoms with Crippen molar-refractivity contribution in [1.82, 2.24) is 0 Å². The number of epoxide rings is 1. The predicted molar refractivity (Wildman–Crippen MR) is 42.3 cm³/mol. The minimum Gasteiger partial charge on any atom is -0.412 e. The first kappa shape index (κ1) is 14.1. The van der Waals surface area contributed by atoms with Gasteiger partial charge in [0, 0.05) is 0 Å². The SMILES string of the molecule is C=CCC1CO1.O.O=S(=O)(O)O. The van der Waals surface area contributed by atoms with Gasteiger partial charge in [-0.2, -0.15) is 8.42 Å². The molecule has 0 aromatic carbocycles. The van der Waals surface area contributed by atoms with E-state index in [1.165, 1.54) is 0 Å². The van der Waals surface area contributed by atoms with Crippen molar-refractivity contribution in [3.05, 3.63) is 12.7 Å². The van der Waals surface area contributed by atoms with Crippen LogP contribution < -0.4 is 0 Å². The van der Waals surface area contributed by atoms with Crippen molar-refractivity contribution in [3.63, 3.8) is 0 Å². The van der Waals surface area contributed by atoms with Gasteiger partial charge in [0.2, 0.25) is 0 Å². The minimum atomic E-state index is -4.67. The second-order valence-corrected chi connectivity index (χ2v) is 2.82. The molecule has 1 unspecified atom stereocenters. The van der Waals surface area contributed by atoms with E-state index in [0.717, 1.165) is 13.0 Å². The highest BCUT2D eigenvalue weighted by Gasteiger charge is 2.19. The molecule has 1 fully saturated rings. The lowest BCUT2D eigenvalue weighted by molar-refractivity contribution is 0.381. The van der Waals surface area contributed by atoms with Gasteiger partial charge in [-0.15, -0.1) is 6.58 Å². The molecule has 0 amide bonds. The average Bonchev–Trinajstić information content (AvgIpc) is 2.45. The standard InChI is InChI=1S/C5H8O.H2O4S.H2O/c1-2-3-5-4-6-5;1-5(2,3)4;/h2,5H,1,3-4H2;(H2,1,2,3,4);1H2. The van der Waals surface area contributed by atoms with Crippen LogP contribution in [0.5, 0.6) is 0 Å². The van der Waals surface area contributed by atoms with Crippen molar-refractivity contribution < 1.29 is 27.7 Å². The molecule has 6 nitrogen and oxygen atoms in total. The molecule has 1 aliphatic heterocycles. The Hall–Kier alpha value is -0.470. The normalized spacial score (nSPS) is 19.7. The van der Waals surface area contributed by atoms with Gasteiger partial charge in [0.25, 0.3) is 0 Å². The molecule has 0 aromatic rings. The van der Waals surface area contributed by atoms with Gasteiger partial charge in [-0.3, -0.25) is 9.11 Å². The zero-order valence-corrected chi connectivity index (χ0v) is 7.12. The molecular weight excluding hydrogens is 188 g/mol. The topological polar surface area (TPSA) is 119 Å². The monoisotopic (exact) mass is 200 g/mol. The molecule has 12 heavy (non-hydrogen) atoms. The summed E-state index contributed by atoms with van der Waals surface area (Å²) in [4.78, 5) is 0. The third-order valence-corrected chi connectivity index (χ3v) is 0.832. The van der Waals surface area contributed by atoms with Gasteiger partial charge in [-0.05, 0) is 6.42 Å².